The normalized spacial score (nSPS) is 25.5. The average molecular weight is 246 g/mol. The molecule has 4 heteroatoms. The molecule has 1 fully saturated rings. The van der Waals surface area contributed by atoms with Gasteiger partial charge in [0, 0.05) is 35.4 Å². The van der Waals surface area contributed by atoms with Crippen LogP contribution in [0.3, 0.4) is 0 Å². The molecule has 0 aromatic rings. The Morgan fingerprint density at radius 1 is 1.69 bits per heavy atom. The van der Waals surface area contributed by atoms with Crippen LogP contribution in [0.25, 0.3) is 0 Å². The number of rotatable bonds is 2. The molecule has 13 heavy (non-hydrogen) atoms. The van der Waals surface area contributed by atoms with Gasteiger partial charge in [-0.2, -0.15) is 0 Å². The molecule has 1 aliphatic carbocycles. The van der Waals surface area contributed by atoms with E-state index in [1.165, 1.54) is 0 Å². The highest BCUT2D eigenvalue weighted by Gasteiger charge is 2.28. The standard InChI is InChI=1S/C9H12BrNO2/c1-11(9(13)2-3-10)6-7-4-8(12)5-7/h7-8,12H,4-6H2,1H3. The second-order valence-electron chi connectivity index (χ2n) is 3.40. The van der Waals surface area contributed by atoms with Crippen molar-refractivity contribution in [3.05, 3.63) is 0 Å². The summed E-state index contributed by atoms with van der Waals surface area (Å²) in [5.74, 6) is 2.66. The topological polar surface area (TPSA) is 40.5 Å². The highest BCUT2D eigenvalue weighted by Crippen LogP contribution is 2.27. The Hall–Kier alpha value is -0.530. The number of aliphatic hydroxyl groups is 1. The molecule has 1 saturated carbocycles. The summed E-state index contributed by atoms with van der Waals surface area (Å²) < 4.78 is 0. The monoisotopic (exact) mass is 245 g/mol. The number of aliphatic hydroxyl groups excluding tert-OH is 1. The van der Waals surface area contributed by atoms with Gasteiger partial charge in [-0.25, -0.2) is 0 Å². The van der Waals surface area contributed by atoms with E-state index in [1.54, 1.807) is 11.9 Å². The maximum absolute atomic E-state index is 11.2. The molecule has 1 rings (SSSR count). The molecule has 0 aliphatic heterocycles. The molecule has 0 radical (unpaired) electrons. The third-order valence-corrected chi connectivity index (χ3v) is 2.44. The summed E-state index contributed by atoms with van der Waals surface area (Å²) in [6.07, 6.45) is 1.45. The number of halogens is 1. The van der Waals surface area contributed by atoms with Crippen molar-refractivity contribution in [3.8, 4) is 10.8 Å². The van der Waals surface area contributed by atoms with E-state index in [9.17, 15) is 4.79 Å². The maximum atomic E-state index is 11.2. The van der Waals surface area contributed by atoms with Gasteiger partial charge in [0.2, 0.25) is 0 Å². The summed E-state index contributed by atoms with van der Waals surface area (Å²) in [5, 5.41) is 9.03. The SMILES string of the molecule is CN(CC1CC(O)C1)C(=O)C#CBr. The van der Waals surface area contributed by atoms with Crippen molar-refractivity contribution < 1.29 is 9.90 Å². The Morgan fingerprint density at radius 3 is 2.77 bits per heavy atom. The highest BCUT2D eigenvalue weighted by molar-refractivity contribution is 9.12. The number of hydrogen-bond acceptors (Lipinski definition) is 2. The van der Waals surface area contributed by atoms with Gasteiger partial charge in [0.25, 0.3) is 5.91 Å². The Bertz CT molecular complexity index is 250. The van der Waals surface area contributed by atoms with E-state index in [-0.39, 0.29) is 12.0 Å². The molecule has 72 valence electrons. The molecule has 1 aliphatic rings. The molecule has 0 unspecified atom stereocenters. The number of nitrogens with zero attached hydrogens (tertiary/aromatic N) is 1. The van der Waals surface area contributed by atoms with Crippen LogP contribution in [0.5, 0.6) is 0 Å². The van der Waals surface area contributed by atoms with Crippen molar-refractivity contribution in [1.82, 2.24) is 4.90 Å². The maximum Gasteiger partial charge on any atom is 0.299 e. The summed E-state index contributed by atoms with van der Waals surface area (Å²) in [5.41, 5.74) is 0. The van der Waals surface area contributed by atoms with Gasteiger partial charge in [-0.1, -0.05) is 0 Å². The lowest BCUT2D eigenvalue weighted by Crippen LogP contribution is -2.39. The van der Waals surface area contributed by atoms with Crippen molar-refractivity contribution in [2.24, 2.45) is 5.92 Å². The quantitative estimate of drug-likeness (QED) is 0.724. The van der Waals surface area contributed by atoms with Crippen LogP contribution in [-0.2, 0) is 4.79 Å². The van der Waals surface area contributed by atoms with Gasteiger partial charge in [0.05, 0.1) is 6.10 Å². The Morgan fingerprint density at radius 2 is 2.31 bits per heavy atom. The van der Waals surface area contributed by atoms with Gasteiger partial charge >= 0.3 is 0 Å². The molecule has 0 aromatic heterocycles. The molecule has 0 bridgehead atoms. The minimum Gasteiger partial charge on any atom is -0.393 e. The first-order valence-electron chi connectivity index (χ1n) is 4.18. The second-order valence-corrected chi connectivity index (χ2v) is 3.79. The van der Waals surface area contributed by atoms with Gasteiger partial charge in [-0.15, -0.1) is 0 Å². The van der Waals surface area contributed by atoms with Crippen LogP contribution < -0.4 is 0 Å². The van der Waals surface area contributed by atoms with Crippen LogP contribution in [-0.4, -0.2) is 35.6 Å². The number of amides is 1. The first kappa shape index (κ1) is 10.6. The molecule has 0 heterocycles. The van der Waals surface area contributed by atoms with Crippen LogP contribution in [0.2, 0.25) is 0 Å². The van der Waals surface area contributed by atoms with Gasteiger partial charge in [0.1, 0.15) is 0 Å². The zero-order chi connectivity index (χ0) is 9.84. The van der Waals surface area contributed by atoms with Crippen molar-refractivity contribution >= 4 is 21.8 Å². The lowest BCUT2D eigenvalue weighted by Gasteiger charge is -2.33. The molecule has 1 amide bonds. The fourth-order valence-electron chi connectivity index (χ4n) is 1.46. The summed E-state index contributed by atoms with van der Waals surface area (Å²) in [6, 6.07) is 0. The van der Waals surface area contributed by atoms with E-state index >= 15 is 0 Å². The van der Waals surface area contributed by atoms with E-state index in [0.29, 0.717) is 12.5 Å². The highest BCUT2D eigenvalue weighted by atomic mass is 79.9. The molecule has 0 spiro atoms. The Balaban J connectivity index is 2.27. The zero-order valence-corrected chi connectivity index (χ0v) is 9.04. The van der Waals surface area contributed by atoms with Crippen molar-refractivity contribution in [2.75, 3.05) is 13.6 Å². The fraction of sp³-hybridized carbons (Fsp3) is 0.667. The lowest BCUT2D eigenvalue weighted by atomic mass is 9.82. The van der Waals surface area contributed by atoms with Crippen LogP contribution in [0.1, 0.15) is 12.8 Å². The summed E-state index contributed by atoms with van der Waals surface area (Å²) in [4.78, 5) is 15.1. The molecule has 0 atom stereocenters. The second kappa shape index (κ2) is 4.64. The predicted octanol–water partition coefficient (Wildman–Crippen LogP) is 0.572. The third kappa shape index (κ3) is 3.02. The summed E-state index contributed by atoms with van der Waals surface area (Å²) in [6.45, 7) is 0.692. The molecule has 0 aromatic carbocycles. The van der Waals surface area contributed by atoms with Crippen LogP contribution in [0.4, 0.5) is 0 Å². The van der Waals surface area contributed by atoms with Crippen LogP contribution in [0.15, 0.2) is 0 Å². The average Bonchev–Trinajstić information content (AvgIpc) is 2.02. The van der Waals surface area contributed by atoms with Crippen LogP contribution >= 0.6 is 15.9 Å². The first-order chi connectivity index (χ1) is 6.13. The number of hydrogen-bond donors (Lipinski definition) is 1. The van der Waals surface area contributed by atoms with Crippen LogP contribution in [0, 0.1) is 16.7 Å². The lowest BCUT2D eigenvalue weighted by molar-refractivity contribution is -0.125. The van der Waals surface area contributed by atoms with Crippen molar-refractivity contribution in [2.45, 2.75) is 18.9 Å². The molecular weight excluding hydrogens is 234 g/mol. The molecular formula is C9H12BrNO2. The fourth-order valence-corrected chi connectivity index (χ4v) is 1.63. The van der Waals surface area contributed by atoms with E-state index < -0.39 is 0 Å². The minimum absolute atomic E-state index is 0.157. The van der Waals surface area contributed by atoms with Gasteiger partial charge in [0.15, 0.2) is 0 Å². The Labute approximate surface area is 86.2 Å². The zero-order valence-electron chi connectivity index (χ0n) is 7.46. The van der Waals surface area contributed by atoms with E-state index in [2.05, 4.69) is 26.7 Å². The minimum atomic E-state index is -0.182. The van der Waals surface area contributed by atoms with E-state index in [0.717, 1.165) is 12.8 Å². The van der Waals surface area contributed by atoms with E-state index in [1.807, 2.05) is 0 Å². The number of carbonyl (C=O) groups is 1. The summed E-state index contributed by atoms with van der Waals surface area (Å²) >= 11 is 2.88. The van der Waals surface area contributed by atoms with E-state index in [4.69, 9.17) is 5.11 Å². The summed E-state index contributed by atoms with van der Waals surface area (Å²) in [7, 11) is 1.73. The van der Waals surface area contributed by atoms with Crippen molar-refractivity contribution in [1.29, 1.82) is 0 Å². The molecule has 3 nitrogen and oxygen atoms in total. The van der Waals surface area contributed by atoms with Gasteiger partial charge in [-0.05, 0) is 23.6 Å². The smallest absolute Gasteiger partial charge is 0.299 e. The van der Waals surface area contributed by atoms with Gasteiger partial charge < -0.3 is 10.0 Å². The van der Waals surface area contributed by atoms with Gasteiger partial charge in [-0.3, -0.25) is 4.79 Å². The Kier molecular flexibility index (Phi) is 3.76. The third-order valence-electron chi connectivity index (χ3n) is 2.24. The molecule has 1 N–H and O–H groups in total. The predicted molar refractivity (Wildman–Crippen MR) is 53.1 cm³/mol. The first-order valence-corrected chi connectivity index (χ1v) is 4.97. The molecule has 0 saturated heterocycles. The largest absolute Gasteiger partial charge is 0.393 e. The van der Waals surface area contributed by atoms with Crippen molar-refractivity contribution in [3.63, 3.8) is 0 Å². The number of carbonyl (C=O) groups excluding carboxylic acids is 1.